The van der Waals surface area contributed by atoms with E-state index in [1.807, 2.05) is 0 Å². The lowest BCUT2D eigenvalue weighted by atomic mass is 10.3. The molecule has 0 aliphatic carbocycles. The summed E-state index contributed by atoms with van der Waals surface area (Å²) in [6, 6.07) is 0. The molecule has 0 aromatic carbocycles. The number of carboxylic acids is 2. The van der Waals surface area contributed by atoms with E-state index in [4.69, 9.17) is 10.2 Å². The van der Waals surface area contributed by atoms with Crippen molar-refractivity contribution < 1.29 is 24.0 Å². The van der Waals surface area contributed by atoms with Crippen molar-refractivity contribution in [1.29, 1.82) is 0 Å². The SMILES string of the molecule is CCC(C(=O)O)S(=O)C(CC)C(=O)O. The van der Waals surface area contributed by atoms with E-state index in [1.54, 1.807) is 13.8 Å². The van der Waals surface area contributed by atoms with Gasteiger partial charge < -0.3 is 10.2 Å². The standard InChI is InChI=1S/C8H14O5S/c1-3-5(7(9)10)14(13)6(4-2)8(11)12/h5-6H,3-4H2,1-2H3,(H,9,10)(H,11,12). The molecule has 0 heterocycles. The quantitative estimate of drug-likeness (QED) is 0.681. The smallest absolute Gasteiger partial charge is 0.319 e. The lowest BCUT2D eigenvalue weighted by Crippen LogP contribution is -2.36. The molecule has 0 saturated heterocycles. The molecule has 0 amide bonds. The molecular weight excluding hydrogens is 208 g/mol. The summed E-state index contributed by atoms with van der Waals surface area (Å²) >= 11 is 0. The van der Waals surface area contributed by atoms with Crippen LogP contribution < -0.4 is 0 Å². The van der Waals surface area contributed by atoms with Crippen LogP contribution in [-0.4, -0.2) is 36.9 Å². The van der Waals surface area contributed by atoms with Crippen LogP contribution in [0.15, 0.2) is 0 Å². The minimum atomic E-state index is -1.85. The van der Waals surface area contributed by atoms with Gasteiger partial charge in [-0.3, -0.25) is 13.8 Å². The first-order chi connectivity index (χ1) is 6.45. The first-order valence-electron chi connectivity index (χ1n) is 4.30. The van der Waals surface area contributed by atoms with Crippen molar-refractivity contribution in [2.24, 2.45) is 0 Å². The molecule has 0 fully saturated rings. The van der Waals surface area contributed by atoms with E-state index in [0.29, 0.717) is 0 Å². The van der Waals surface area contributed by atoms with E-state index in [2.05, 4.69) is 0 Å². The van der Waals surface area contributed by atoms with Gasteiger partial charge in [0.15, 0.2) is 0 Å². The monoisotopic (exact) mass is 222 g/mol. The van der Waals surface area contributed by atoms with Crippen LogP contribution in [0.3, 0.4) is 0 Å². The molecule has 0 aliphatic heterocycles. The minimum Gasteiger partial charge on any atom is -0.480 e. The fraction of sp³-hybridized carbons (Fsp3) is 0.750. The molecule has 14 heavy (non-hydrogen) atoms. The summed E-state index contributed by atoms with van der Waals surface area (Å²) in [5.41, 5.74) is 0. The number of rotatable bonds is 6. The zero-order chi connectivity index (χ0) is 11.3. The Morgan fingerprint density at radius 3 is 1.50 bits per heavy atom. The molecule has 2 atom stereocenters. The average molecular weight is 222 g/mol. The van der Waals surface area contributed by atoms with Gasteiger partial charge in [-0.05, 0) is 12.8 Å². The molecule has 0 aromatic heterocycles. The summed E-state index contributed by atoms with van der Waals surface area (Å²) in [6.45, 7) is 3.15. The molecule has 0 aromatic rings. The highest BCUT2D eigenvalue weighted by molar-refractivity contribution is 7.87. The number of carbonyl (C=O) groups is 2. The molecule has 0 spiro atoms. The fourth-order valence-corrected chi connectivity index (χ4v) is 2.53. The normalized spacial score (nSPS) is 17.0. The van der Waals surface area contributed by atoms with Crippen molar-refractivity contribution in [3.05, 3.63) is 0 Å². The van der Waals surface area contributed by atoms with E-state index in [0.717, 1.165) is 0 Å². The first-order valence-corrected chi connectivity index (χ1v) is 5.58. The molecular formula is C8H14O5S. The van der Waals surface area contributed by atoms with Gasteiger partial charge in [-0.2, -0.15) is 0 Å². The number of hydrogen-bond donors (Lipinski definition) is 2. The van der Waals surface area contributed by atoms with Gasteiger partial charge in [0.05, 0.1) is 0 Å². The van der Waals surface area contributed by atoms with Crippen LogP contribution in [0.5, 0.6) is 0 Å². The molecule has 0 saturated carbocycles. The third-order valence-electron chi connectivity index (χ3n) is 1.85. The van der Waals surface area contributed by atoms with Gasteiger partial charge in [0.25, 0.3) is 0 Å². The Morgan fingerprint density at radius 2 is 1.36 bits per heavy atom. The lowest BCUT2D eigenvalue weighted by molar-refractivity contribution is -0.136. The maximum absolute atomic E-state index is 11.5. The number of hydrogen-bond acceptors (Lipinski definition) is 3. The highest BCUT2D eigenvalue weighted by Crippen LogP contribution is 2.11. The third-order valence-corrected chi connectivity index (χ3v) is 4.04. The van der Waals surface area contributed by atoms with Gasteiger partial charge in [0, 0.05) is 10.8 Å². The maximum Gasteiger partial charge on any atom is 0.319 e. The van der Waals surface area contributed by atoms with Crippen molar-refractivity contribution in [3.8, 4) is 0 Å². The largest absolute Gasteiger partial charge is 0.480 e. The van der Waals surface area contributed by atoms with Crippen LogP contribution in [0, 0.1) is 0 Å². The second-order valence-electron chi connectivity index (χ2n) is 2.80. The second kappa shape index (κ2) is 5.74. The highest BCUT2D eigenvalue weighted by atomic mass is 32.2. The zero-order valence-corrected chi connectivity index (χ0v) is 8.91. The number of carboxylic acid groups (broad SMARTS) is 2. The van der Waals surface area contributed by atoms with Crippen molar-refractivity contribution in [3.63, 3.8) is 0 Å². The highest BCUT2D eigenvalue weighted by Gasteiger charge is 2.32. The molecule has 5 nitrogen and oxygen atoms in total. The summed E-state index contributed by atoms with van der Waals surface area (Å²) in [7, 11) is -1.85. The van der Waals surface area contributed by atoms with Crippen molar-refractivity contribution >= 4 is 22.7 Å². The Hall–Kier alpha value is -0.910. The molecule has 0 radical (unpaired) electrons. The van der Waals surface area contributed by atoms with E-state index < -0.39 is 33.2 Å². The summed E-state index contributed by atoms with van der Waals surface area (Å²) in [5.74, 6) is -2.41. The summed E-state index contributed by atoms with van der Waals surface area (Å²) in [5, 5.41) is 15.2. The molecule has 82 valence electrons. The summed E-state index contributed by atoms with van der Waals surface area (Å²) in [6.07, 6.45) is 0.345. The van der Waals surface area contributed by atoms with Crippen molar-refractivity contribution in [1.82, 2.24) is 0 Å². The second-order valence-corrected chi connectivity index (χ2v) is 4.59. The van der Waals surface area contributed by atoms with E-state index in [-0.39, 0.29) is 12.8 Å². The molecule has 0 bridgehead atoms. The van der Waals surface area contributed by atoms with Gasteiger partial charge in [-0.25, -0.2) is 0 Å². The summed E-state index contributed by atoms with van der Waals surface area (Å²) < 4.78 is 11.5. The van der Waals surface area contributed by atoms with Crippen LogP contribution in [0.4, 0.5) is 0 Å². The number of aliphatic carboxylic acids is 2. The first kappa shape index (κ1) is 13.1. The van der Waals surface area contributed by atoms with Crippen LogP contribution in [0.25, 0.3) is 0 Å². The predicted molar refractivity (Wildman–Crippen MR) is 51.6 cm³/mol. The average Bonchev–Trinajstić information content (AvgIpc) is 2.04. The van der Waals surface area contributed by atoms with Gasteiger partial charge in [0.2, 0.25) is 0 Å². The molecule has 0 aliphatic rings. The Balaban J connectivity index is 4.71. The van der Waals surface area contributed by atoms with Crippen LogP contribution in [-0.2, 0) is 20.4 Å². The van der Waals surface area contributed by atoms with Gasteiger partial charge >= 0.3 is 11.9 Å². The van der Waals surface area contributed by atoms with Crippen molar-refractivity contribution in [2.45, 2.75) is 37.2 Å². The fourth-order valence-electron chi connectivity index (χ4n) is 1.07. The van der Waals surface area contributed by atoms with Crippen LogP contribution in [0.1, 0.15) is 26.7 Å². The third kappa shape index (κ3) is 3.10. The topological polar surface area (TPSA) is 91.7 Å². The zero-order valence-electron chi connectivity index (χ0n) is 8.10. The van der Waals surface area contributed by atoms with Gasteiger partial charge in [-0.1, -0.05) is 13.8 Å². The molecule has 2 unspecified atom stereocenters. The summed E-state index contributed by atoms with van der Waals surface area (Å²) in [4.78, 5) is 21.3. The Morgan fingerprint density at radius 1 is 1.07 bits per heavy atom. The molecule has 2 N–H and O–H groups in total. The maximum atomic E-state index is 11.5. The molecule has 6 heteroatoms. The lowest BCUT2D eigenvalue weighted by Gasteiger charge is -2.14. The Labute approximate surface area is 84.6 Å². The van der Waals surface area contributed by atoms with Gasteiger partial charge in [-0.15, -0.1) is 0 Å². The minimum absolute atomic E-state index is 0.172. The predicted octanol–water partition coefficient (Wildman–Crippen LogP) is 0.462. The van der Waals surface area contributed by atoms with E-state index >= 15 is 0 Å². The van der Waals surface area contributed by atoms with Crippen LogP contribution >= 0.6 is 0 Å². The van der Waals surface area contributed by atoms with E-state index in [1.165, 1.54) is 0 Å². The van der Waals surface area contributed by atoms with E-state index in [9.17, 15) is 13.8 Å². The Bertz CT molecular complexity index is 226. The Kier molecular flexibility index (Phi) is 5.37. The molecule has 0 rings (SSSR count). The van der Waals surface area contributed by atoms with Crippen molar-refractivity contribution in [2.75, 3.05) is 0 Å². The van der Waals surface area contributed by atoms with Crippen LogP contribution in [0.2, 0.25) is 0 Å². The van der Waals surface area contributed by atoms with Gasteiger partial charge in [0.1, 0.15) is 10.5 Å².